The van der Waals surface area contributed by atoms with Crippen LogP contribution in [0.4, 0.5) is 17.1 Å². The lowest BCUT2D eigenvalue weighted by Crippen LogP contribution is -2.34. The van der Waals surface area contributed by atoms with Crippen LogP contribution in [-0.4, -0.2) is 34.8 Å². The summed E-state index contributed by atoms with van der Waals surface area (Å²) in [5, 5.41) is 15.0. The Morgan fingerprint density at radius 1 is 1.24 bits per heavy atom. The van der Waals surface area contributed by atoms with E-state index in [1.54, 1.807) is 6.20 Å². The molecule has 6 heteroatoms. The van der Waals surface area contributed by atoms with Crippen LogP contribution in [0.25, 0.3) is 10.9 Å². The number of anilines is 3. The van der Waals surface area contributed by atoms with Gasteiger partial charge in [-0.2, -0.15) is 0 Å². The molecule has 3 N–H and O–H groups in total. The minimum absolute atomic E-state index is 0.455. The van der Waals surface area contributed by atoms with Crippen LogP contribution in [0, 0.1) is 6.92 Å². The second-order valence-electron chi connectivity index (χ2n) is 8.98. The number of aliphatic hydroxyl groups is 1. The fourth-order valence-corrected chi connectivity index (χ4v) is 5.16. The molecule has 0 amide bonds. The van der Waals surface area contributed by atoms with Crippen molar-refractivity contribution in [2.45, 2.75) is 32.3 Å². The van der Waals surface area contributed by atoms with Crippen molar-refractivity contribution in [3.63, 3.8) is 0 Å². The van der Waals surface area contributed by atoms with Crippen LogP contribution in [0.1, 0.15) is 34.9 Å². The molecule has 1 atom stereocenters. The second-order valence-corrected chi connectivity index (χ2v) is 8.98. The van der Waals surface area contributed by atoms with Gasteiger partial charge in [0.2, 0.25) is 0 Å². The predicted octanol–water partition coefficient (Wildman–Crippen LogP) is 5.04. The minimum Gasteiger partial charge on any atom is -0.489 e. The van der Waals surface area contributed by atoms with Crippen LogP contribution in [0.2, 0.25) is 0 Å². The number of hydrogen-bond donors (Lipinski definition) is 3. The number of aliphatic hydroxyl groups excluding tert-OH is 1. The molecule has 1 unspecified atom stereocenters. The maximum Gasteiger partial charge on any atom is 0.144 e. The Bertz CT molecular complexity index is 1330. The summed E-state index contributed by atoms with van der Waals surface area (Å²) in [4.78, 5) is 10.2. The van der Waals surface area contributed by atoms with Crippen LogP contribution in [0.5, 0.6) is 5.75 Å². The van der Waals surface area contributed by atoms with E-state index in [1.807, 2.05) is 6.07 Å². The van der Waals surface area contributed by atoms with E-state index in [0.717, 1.165) is 66.4 Å². The van der Waals surface area contributed by atoms with Gasteiger partial charge in [0.15, 0.2) is 0 Å². The SMILES string of the molecule is Cc1cccc2c(CCN3CCOc4cc(Nc5ccnc6c5CCC6O)ccc43)c[nH]c12. The highest BCUT2D eigenvalue weighted by Crippen LogP contribution is 2.38. The van der Waals surface area contributed by atoms with Crippen molar-refractivity contribution in [1.82, 2.24) is 9.97 Å². The molecule has 33 heavy (non-hydrogen) atoms. The quantitative estimate of drug-likeness (QED) is 0.406. The van der Waals surface area contributed by atoms with Crippen LogP contribution in [0.15, 0.2) is 54.9 Å². The number of aromatic nitrogens is 2. The molecule has 0 radical (unpaired) electrons. The van der Waals surface area contributed by atoms with Crippen molar-refractivity contribution < 1.29 is 9.84 Å². The van der Waals surface area contributed by atoms with Crippen molar-refractivity contribution in [1.29, 1.82) is 0 Å². The summed E-state index contributed by atoms with van der Waals surface area (Å²) < 4.78 is 6.02. The van der Waals surface area contributed by atoms with Gasteiger partial charge in [-0.25, -0.2) is 0 Å². The molecule has 6 rings (SSSR count). The Kier molecular flexibility index (Phi) is 4.95. The number of rotatable bonds is 5. The number of pyridine rings is 1. The highest BCUT2D eigenvalue weighted by Gasteiger charge is 2.25. The number of aromatic amines is 1. The first-order valence-corrected chi connectivity index (χ1v) is 11.7. The van der Waals surface area contributed by atoms with Crippen molar-refractivity contribution >= 4 is 28.0 Å². The van der Waals surface area contributed by atoms with Crippen molar-refractivity contribution in [2.75, 3.05) is 29.9 Å². The highest BCUT2D eigenvalue weighted by molar-refractivity contribution is 5.86. The van der Waals surface area contributed by atoms with Gasteiger partial charge in [0.05, 0.1) is 24.0 Å². The topological polar surface area (TPSA) is 73.4 Å². The van der Waals surface area contributed by atoms with Gasteiger partial charge in [-0.15, -0.1) is 0 Å². The lowest BCUT2D eigenvalue weighted by Gasteiger charge is -2.31. The first-order chi connectivity index (χ1) is 16.2. The van der Waals surface area contributed by atoms with E-state index in [0.29, 0.717) is 6.61 Å². The Morgan fingerprint density at radius 3 is 3.12 bits per heavy atom. The van der Waals surface area contributed by atoms with E-state index in [2.05, 4.69) is 69.7 Å². The van der Waals surface area contributed by atoms with Gasteiger partial charge in [0, 0.05) is 47.3 Å². The number of aryl methyl sites for hydroxylation is 1. The van der Waals surface area contributed by atoms with E-state index in [9.17, 15) is 5.11 Å². The molecule has 0 spiro atoms. The van der Waals surface area contributed by atoms with Crippen molar-refractivity contribution in [2.24, 2.45) is 0 Å². The first kappa shape index (κ1) is 20.1. The standard InChI is InChI=1S/C27H28N4O2/c1-17-3-2-4-20-18(16-29-26(17)20)10-12-31-13-14-33-25-15-19(5-7-23(25)31)30-22-9-11-28-27-21(22)6-8-24(27)32/h2-5,7,9,11,15-16,24,29,32H,6,8,10,12-14H2,1H3,(H,28,30). The third-order valence-corrected chi connectivity index (χ3v) is 6.93. The molecule has 168 valence electrons. The lowest BCUT2D eigenvalue weighted by molar-refractivity contribution is 0.176. The molecular formula is C27H28N4O2. The Morgan fingerprint density at radius 2 is 2.18 bits per heavy atom. The predicted molar refractivity (Wildman–Crippen MR) is 132 cm³/mol. The van der Waals surface area contributed by atoms with Gasteiger partial charge in [-0.3, -0.25) is 4.98 Å². The molecule has 0 fully saturated rings. The molecule has 2 aromatic carbocycles. The first-order valence-electron chi connectivity index (χ1n) is 11.7. The molecule has 1 aliphatic heterocycles. The third kappa shape index (κ3) is 3.60. The van der Waals surface area contributed by atoms with E-state index >= 15 is 0 Å². The molecular weight excluding hydrogens is 412 g/mol. The number of ether oxygens (including phenoxy) is 1. The molecule has 1 aliphatic carbocycles. The number of hydrogen-bond acceptors (Lipinski definition) is 5. The third-order valence-electron chi connectivity index (χ3n) is 6.93. The number of benzene rings is 2. The molecule has 6 nitrogen and oxygen atoms in total. The maximum atomic E-state index is 10.1. The van der Waals surface area contributed by atoms with Gasteiger partial charge in [0.25, 0.3) is 0 Å². The average Bonchev–Trinajstić information content (AvgIpc) is 3.43. The highest BCUT2D eigenvalue weighted by atomic mass is 16.5. The van der Waals surface area contributed by atoms with E-state index in [-0.39, 0.29) is 0 Å². The molecule has 2 aliphatic rings. The molecule has 0 saturated carbocycles. The van der Waals surface area contributed by atoms with Gasteiger partial charge < -0.3 is 25.0 Å². The van der Waals surface area contributed by atoms with E-state index in [1.165, 1.54) is 22.0 Å². The molecule has 4 aromatic rings. The largest absolute Gasteiger partial charge is 0.489 e. The van der Waals surface area contributed by atoms with Crippen LogP contribution in [-0.2, 0) is 12.8 Å². The van der Waals surface area contributed by atoms with Crippen molar-refractivity contribution in [3.05, 3.63) is 77.2 Å². The average molecular weight is 441 g/mol. The fourth-order valence-electron chi connectivity index (χ4n) is 5.16. The Hall–Kier alpha value is -3.51. The minimum atomic E-state index is -0.455. The smallest absolute Gasteiger partial charge is 0.144 e. The Labute approximate surface area is 193 Å². The fraction of sp³-hybridized carbons (Fsp3) is 0.296. The van der Waals surface area contributed by atoms with Gasteiger partial charge >= 0.3 is 0 Å². The summed E-state index contributed by atoms with van der Waals surface area (Å²) in [5.41, 5.74) is 8.92. The number of para-hydroxylation sites is 1. The summed E-state index contributed by atoms with van der Waals surface area (Å²) in [6.07, 6.45) is 6.01. The number of nitrogens with zero attached hydrogens (tertiary/aromatic N) is 2. The van der Waals surface area contributed by atoms with Crippen LogP contribution >= 0.6 is 0 Å². The molecule has 2 aromatic heterocycles. The second kappa shape index (κ2) is 8.12. The van der Waals surface area contributed by atoms with Gasteiger partial charge in [0.1, 0.15) is 12.4 Å². The maximum absolute atomic E-state index is 10.1. The van der Waals surface area contributed by atoms with Crippen molar-refractivity contribution in [3.8, 4) is 5.75 Å². The monoisotopic (exact) mass is 440 g/mol. The van der Waals surface area contributed by atoms with Gasteiger partial charge in [-0.1, -0.05) is 18.2 Å². The lowest BCUT2D eigenvalue weighted by atomic mass is 10.1. The molecule has 3 heterocycles. The summed E-state index contributed by atoms with van der Waals surface area (Å²) in [5.74, 6) is 0.909. The zero-order valence-electron chi connectivity index (χ0n) is 18.8. The van der Waals surface area contributed by atoms with Crippen LogP contribution < -0.4 is 15.0 Å². The zero-order valence-corrected chi connectivity index (χ0v) is 18.8. The van der Waals surface area contributed by atoms with Gasteiger partial charge in [-0.05, 0) is 61.1 Å². The summed E-state index contributed by atoms with van der Waals surface area (Å²) >= 11 is 0. The number of H-pyrrole nitrogens is 1. The normalized spacial score (nSPS) is 17.0. The number of nitrogens with one attached hydrogen (secondary N) is 2. The summed E-state index contributed by atoms with van der Waals surface area (Å²) in [7, 11) is 0. The summed E-state index contributed by atoms with van der Waals surface area (Å²) in [6.45, 7) is 4.66. The zero-order chi connectivity index (χ0) is 22.4. The summed E-state index contributed by atoms with van der Waals surface area (Å²) in [6, 6.07) is 14.8. The molecule has 0 saturated heterocycles. The number of fused-ring (bicyclic) bond motifs is 3. The van der Waals surface area contributed by atoms with E-state index < -0.39 is 6.10 Å². The van der Waals surface area contributed by atoms with E-state index in [4.69, 9.17) is 4.74 Å². The Balaban J connectivity index is 1.20. The molecule has 0 bridgehead atoms. The van der Waals surface area contributed by atoms with Crippen LogP contribution in [0.3, 0.4) is 0 Å².